The van der Waals surface area contributed by atoms with E-state index in [1.165, 1.54) is 14.0 Å². The Balaban J connectivity index is 2.19. The third-order valence-corrected chi connectivity index (χ3v) is 4.67. The molecule has 2 aromatic rings. The van der Waals surface area contributed by atoms with Crippen molar-refractivity contribution in [3.8, 4) is 0 Å². The number of hydrogen-bond donors (Lipinski definition) is 2. The predicted octanol–water partition coefficient (Wildman–Crippen LogP) is 3.11. The lowest BCUT2D eigenvalue weighted by Crippen LogP contribution is -2.29. The molecule has 1 heterocycles. The lowest BCUT2D eigenvalue weighted by molar-refractivity contribution is 0.550. The normalized spacial score (nSPS) is 12.7. The molecule has 1 unspecified atom stereocenters. The highest BCUT2D eigenvalue weighted by molar-refractivity contribution is 14.1. The van der Waals surface area contributed by atoms with Crippen LogP contribution in [-0.4, -0.2) is 4.98 Å². The quantitative estimate of drug-likeness (QED) is 0.492. The maximum Gasteiger partial charge on any atom is 0.0950 e. The van der Waals surface area contributed by atoms with Gasteiger partial charge in [-0.25, -0.2) is 4.98 Å². The zero-order chi connectivity index (χ0) is 13.1. The molecular weight excluding hydrogens is 357 g/mol. The summed E-state index contributed by atoms with van der Waals surface area (Å²) in [5.41, 5.74) is 5.21. The van der Waals surface area contributed by atoms with Crippen LogP contribution in [0.15, 0.2) is 24.3 Å². The molecule has 0 aliphatic heterocycles. The highest BCUT2D eigenvalue weighted by Gasteiger charge is 2.14. The number of thiazole rings is 1. The molecule has 3 N–H and O–H groups in total. The molecule has 1 aromatic carbocycles. The van der Waals surface area contributed by atoms with Gasteiger partial charge in [-0.3, -0.25) is 11.3 Å². The van der Waals surface area contributed by atoms with Crippen molar-refractivity contribution in [2.24, 2.45) is 5.84 Å². The van der Waals surface area contributed by atoms with Gasteiger partial charge in [-0.05, 0) is 54.1 Å². The van der Waals surface area contributed by atoms with E-state index in [1.54, 1.807) is 11.3 Å². The van der Waals surface area contributed by atoms with Crippen molar-refractivity contribution in [1.82, 2.24) is 10.4 Å². The second kappa shape index (κ2) is 6.10. The lowest BCUT2D eigenvalue weighted by Gasteiger charge is -2.15. The van der Waals surface area contributed by atoms with Gasteiger partial charge >= 0.3 is 0 Å². The summed E-state index contributed by atoms with van der Waals surface area (Å²) < 4.78 is 1.22. The summed E-state index contributed by atoms with van der Waals surface area (Å²) in [4.78, 5) is 5.85. The number of nitrogens with one attached hydrogen (secondary N) is 1. The molecule has 3 nitrogen and oxygen atoms in total. The van der Waals surface area contributed by atoms with Crippen molar-refractivity contribution in [3.05, 3.63) is 49.0 Å². The van der Waals surface area contributed by atoms with Gasteiger partial charge in [0.25, 0.3) is 0 Å². The van der Waals surface area contributed by atoms with E-state index < -0.39 is 0 Å². The fourth-order valence-electron chi connectivity index (χ4n) is 1.80. The first kappa shape index (κ1) is 13.9. The first-order chi connectivity index (χ1) is 8.60. The number of aromatic nitrogens is 1. The Morgan fingerprint density at radius 2 is 2.22 bits per heavy atom. The Labute approximate surface area is 125 Å². The molecule has 5 heteroatoms. The highest BCUT2D eigenvalue weighted by Crippen LogP contribution is 2.24. The summed E-state index contributed by atoms with van der Waals surface area (Å²) >= 11 is 4.06. The van der Waals surface area contributed by atoms with E-state index in [4.69, 9.17) is 5.84 Å². The van der Waals surface area contributed by atoms with Crippen LogP contribution in [0.5, 0.6) is 0 Å². The minimum Gasteiger partial charge on any atom is -0.271 e. The van der Waals surface area contributed by atoms with Crippen molar-refractivity contribution in [2.75, 3.05) is 0 Å². The molecule has 0 aliphatic rings. The van der Waals surface area contributed by atoms with Gasteiger partial charge < -0.3 is 0 Å². The van der Waals surface area contributed by atoms with Crippen molar-refractivity contribution < 1.29 is 0 Å². The number of halogens is 1. The first-order valence-corrected chi connectivity index (χ1v) is 7.64. The Morgan fingerprint density at radius 1 is 1.44 bits per heavy atom. The minimum atomic E-state index is 0.115. The van der Waals surface area contributed by atoms with Gasteiger partial charge in [0.1, 0.15) is 0 Å². The second-order valence-electron chi connectivity index (χ2n) is 4.23. The number of nitrogens with two attached hydrogens (primary N) is 1. The Kier molecular flexibility index (Phi) is 4.71. The molecule has 96 valence electrons. The summed E-state index contributed by atoms with van der Waals surface area (Å²) in [7, 11) is 0. The third-order valence-electron chi connectivity index (χ3n) is 2.90. The largest absolute Gasteiger partial charge is 0.271 e. The summed E-state index contributed by atoms with van der Waals surface area (Å²) in [6.07, 6.45) is 0.829. The molecule has 18 heavy (non-hydrogen) atoms. The van der Waals surface area contributed by atoms with Crippen LogP contribution in [0.25, 0.3) is 0 Å². The molecule has 0 amide bonds. The van der Waals surface area contributed by atoms with E-state index in [2.05, 4.69) is 64.2 Å². The zero-order valence-corrected chi connectivity index (χ0v) is 13.4. The fourth-order valence-corrected chi connectivity index (χ4v) is 3.34. The minimum absolute atomic E-state index is 0.115. The molecule has 0 bridgehead atoms. The first-order valence-electron chi connectivity index (χ1n) is 5.74. The van der Waals surface area contributed by atoms with Gasteiger partial charge in [0, 0.05) is 14.9 Å². The second-order valence-corrected chi connectivity index (χ2v) is 6.76. The number of aryl methyl sites for hydroxylation is 2. The van der Waals surface area contributed by atoms with Gasteiger partial charge in [-0.15, -0.1) is 11.3 Å². The van der Waals surface area contributed by atoms with Crippen molar-refractivity contribution in [2.45, 2.75) is 26.3 Å². The van der Waals surface area contributed by atoms with Gasteiger partial charge in [0.05, 0.1) is 16.7 Å². The molecule has 0 saturated carbocycles. The lowest BCUT2D eigenvalue weighted by atomic mass is 10.1. The van der Waals surface area contributed by atoms with E-state index in [0.29, 0.717) is 0 Å². The number of nitrogens with zero attached hydrogens (tertiary/aromatic N) is 1. The zero-order valence-electron chi connectivity index (χ0n) is 10.4. The van der Waals surface area contributed by atoms with Crippen LogP contribution in [0.3, 0.4) is 0 Å². The molecule has 0 saturated heterocycles. The van der Waals surface area contributed by atoms with E-state index >= 15 is 0 Å². The maximum absolute atomic E-state index is 5.67. The van der Waals surface area contributed by atoms with Crippen molar-refractivity contribution in [3.63, 3.8) is 0 Å². The maximum atomic E-state index is 5.67. The van der Waals surface area contributed by atoms with Crippen LogP contribution in [-0.2, 0) is 6.42 Å². The SMILES string of the molecule is Cc1nc(CC(NN)c2cccc(I)c2)sc1C. The van der Waals surface area contributed by atoms with E-state index in [1.807, 2.05) is 6.92 Å². The van der Waals surface area contributed by atoms with Gasteiger partial charge in [0.15, 0.2) is 0 Å². The van der Waals surface area contributed by atoms with Crippen LogP contribution in [0.4, 0.5) is 0 Å². The Morgan fingerprint density at radius 3 is 2.78 bits per heavy atom. The van der Waals surface area contributed by atoms with Gasteiger partial charge in [0.2, 0.25) is 0 Å². The number of hydrazine groups is 1. The molecule has 1 aromatic heterocycles. The standard InChI is InChI=1S/C13H16IN3S/c1-8-9(2)18-13(16-8)7-12(17-15)10-4-3-5-11(14)6-10/h3-6,12,17H,7,15H2,1-2H3. The molecule has 2 rings (SSSR count). The van der Waals surface area contributed by atoms with Crippen molar-refractivity contribution >= 4 is 33.9 Å². The van der Waals surface area contributed by atoms with Crippen LogP contribution in [0.1, 0.15) is 27.2 Å². The third kappa shape index (κ3) is 3.28. The summed E-state index contributed by atoms with van der Waals surface area (Å²) in [5.74, 6) is 5.67. The monoisotopic (exact) mass is 373 g/mol. The number of hydrogen-bond acceptors (Lipinski definition) is 4. The number of benzene rings is 1. The topological polar surface area (TPSA) is 50.9 Å². The Bertz CT molecular complexity index is 519. The summed E-state index contributed by atoms with van der Waals surface area (Å²) in [5, 5.41) is 1.13. The van der Waals surface area contributed by atoms with Crippen LogP contribution < -0.4 is 11.3 Å². The Hall–Kier alpha value is -0.500. The molecule has 0 spiro atoms. The molecule has 0 fully saturated rings. The fraction of sp³-hybridized carbons (Fsp3) is 0.308. The van der Waals surface area contributed by atoms with Gasteiger partial charge in [-0.2, -0.15) is 0 Å². The van der Waals surface area contributed by atoms with Crippen molar-refractivity contribution in [1.29, 1.82) is 0 Å². The summed E-state index contributed by atoms with van der Waals surface area (Å²) in [6, 6.07) is 8.50. The highest BCUT2D eigenvalue weighted by atomic mass is 127. The summed E-state index contributed by atoms with van der Waals surface area (Å²) in [6.45, 7) is 4.15. The molecule has 0 radical (unpaired) electrons. The van der Waals surface area contributed by atoms with Crippen LogP contribution in [0, 0.1) is 17.4 Å². The molecule has 1 atom stereocenters. The predicted molar refractivity (Wildman–Crippen MR) is 84.5 cm³/mol. The average Bonchev–Trinajstić information content (AvgIpc) is 2.65. The van der Waals surface area contributed by atoms with E-state index in [-0.39, 0.29) is 6.04 Å². The molecule has 0 aliphatic carbocycles. The van der Waals surface area contributed by atoms with Crippen LogP contribution in [0.2, 0.25) is 0 Å². The van der Waals surface area contributed by atoms with E-state index in [9.17, 15) is 0 Å². The smallest absolute Gasteiger partial charge is 0.0950 e. The molecular formula is C13H16IN3S. The van der Waals surface area contributed by atoms with Gasteiger partial charge in [-0.1, -0.05) is 12.1 Å². The van der Waals surface area contributed by atoms with Crippen LogP contribution >= 0.6 is 33.9 Å². The average molecular weight is 373 g/mol. The number of rotatable bonds is 4. The van der Waals surface area contributed by atoms with E-state index in [0.717, 1.165) is 17.1 Å².